The van der Waals surface area contributed by atoms with E-state index in [-0.39, 0.29) is 18.2 Å². The molecule has 0 saturated carbocycles. The third kappa shape index (κ3) is 5.80. The van der Waals surface area contributed by atoms with E-state index in [1.54, 1.807) is 54.4 Å². The van der Waals surface area contributed by atoms with Crippen LogP contribution in [0, 0.1) is 0 Å². The van der Waals surface area contributed by atoms with Gasteiger partial charge in [0.1, 0.15) is 11.6 Å². The van der Waals surface area contributed by atoms with Gasteiger partial charge in [-0.2, -0.15) is 0 Å². The maximum absolute atomic E-state index is 12.8. The first-order valence-corrected chi connectivity index (χ1v) is 12.1. The Labute approximate surface area is 204 Å². The SMILES string of the molecule is COc1cccc(NC(=O)Cc2nnc(S[C@@H](C)C(=O)Nc3nccs3)n2-c2ccccc2)c1. The summed E-state index contributed by atoms with van der Waals surface area (Å²) in [6, 6.07) is 16.6. The second-order valence-electron chi connectivity index (χ2n) is 7.11. The molecule has 11 heteroatoms. The van der Waals surface area contributed by atoms with Crippen molar-refractivity contribution >= 4 is 45.7 Å². The molecule has 2 N–H and O–H groups in total. The summed E-state index contributed by atoms with van der Waals surface area (Å²) in [5.74, 6) is 0.666. The summed E-state index contributed by atoms with van der Waals surface area (Å²) in [6.07, 6.45) is 1.63. The van der Waals surface area contributed by atoms with Crippen LogP contribution in [-0.2, 0) is 16.0 Å². The number of thiazole rings is 1. The Bertz CT molecular complexity index is 1260. The van der Waals surface area contributed by atoms with E-state index in [0.717, 1.165) is 5.69 Å². The number of anilines is 2. The second-order valence-corrected chi connectivity index (χ2v) is 9.32. The van der Waals surface area contributed by atoms with E-state index >= 15 is 0 Å². The van der Waals surface area contributed by atoms with Crippen LogP contribution in [0.5, 0.6) is 5.75 Å². The van der Waals surface area contributed by atoms with Crippen molar-refractivity contribution in [2.24, 2.45) is 0 Å². The number of nitrogens with zero attached hydrogens (tertiary/aromatic N) is 4. The molecule has 9 nitrogen and oxygen atoms in total. The molecule has 0 aliphatic rings. The van der Waals surface area contributed by atoms with E-state index in [4.69, 9.17) is 4.74 Å². The van der Waals surface area contributed by atoms with Gasteiger partial charge in [0.15, 0.2) is 10.3 Å². The van der Waals surface area contributed by atoms with Crippen LogP contribution in [0.4, 0.5) is 10.8 Å². The van der Waals surface area contributed by atoms with E-state index in [1.165, 1.54) is 23.1 Å². The molecule has 4 rings (SSSR count). The van der Waals surface area contributed by atoms with Gasteiger partial charge in [0.05, 0.1) is 18.8 Å². The topological polar surface area (TPSA) is 111 Å². The molecule has 2 aromatic carbocycles. The zero-order chi connectivity index (χ0) is 23.9. The first-order chi connectivity index (χ1) is 16.5. The number of amides is 2. The maximum atomic E-state index is 12.8. The Morgan fingerprint density at radius 2 is 1.94 bits per heavy atom. The van der Waals surface area contributed by atoms with Gasteiger partial charge in [-0.05, 0) is 31.2 Å². The molecule has 2 amide bonds. The molecule has 0 aliphatic heterocycles. The van der Waals surface area contributed by atoms with Crippen molar-refractivity contribution in [3.63, 3.8) is 0 Å². The lowest BCUT2D eigenvalue weighted by molar-refractivity contribution is -0.116. The highest BCUT2D eigenvalue weighted by Gasteiger charge is 2.23. The second kappa shape index (κ2) is 10.9. The third-order valence-corrected chi connectivity index (χ3v) is 6.43. The van der Waals surface area contributed by atoms with Crippen LogP contribution in [0.15, 0.2) is 71.3 Å². The van der Waals surface area contributed by atoms with Crippen molar-refractivity contribution in [3.05, 3.63) is 72.0 Å². The molecule has 2 aromatic heterocycles. The molecule has 0 fully saturated rings. The van der Waals surface area contributed by atoms with Crippen LogP contribution in [-0.4, -0.2) is 43.9 Å². The molecule has 0 aliphatic carbocycles. The first kappa shape index (κ1) is 23.5. The summed E-state index contributed by atoms with van der Waals surface area (Å²) < 4.78 is 7.00. The number of thioether (sulfide) groups is 1. The fourth-order valence-corrected chi connectivity index (χ4v) is 4.50. The van der Waals surface area contributed by atoms with Crippen molar-refractivity contribution in [1.29, 1.82) is 0 Å². The predicted molar refractivity (Wildman–Crippen MR) is 133 cm³/mol. The monoisotopic (exact) mass is 494 g/mol. The van der Waals surface area contributed by atoms with E-state index in [1.807, 2.05) is 30.3 Å². The smallest absolute Gasteiger partial charge is 0.239 e. The van der Waals surface area contributed by atoms with Crippen molar-refractivity contribution in [2.45, 2.75) is 23.8 Å². The molecule has 34 heavy (non-hydrogen) atoms. The molecule has 174 valence electrons. The fourth-order valence-electron chi connectivity index (χ4n) is 3.08. The van der Waals surface area contributed by atoms with Crippen molar-refractivity contribution < 1.29 is 14.3 Å². The number of para-hydroxylation sites is 1. The minimum Gasteiger partial charge on any atom is -0.497 e. The lowest BCUT2D eigenvalue weighted by Crippen LogP contribution is -2.23. The molecule has 0 radical (unpaired) electrons. The Morgan fingerprint density at radius 1 is 1.12 bits per heavy atom. The highest BCUT2D eigenvalue weighted by molar-refractivity contribution is 8.00. The average molecular weight is 495 g/mol. The molecular formula is C23H22N6O3S2. The van der Waals surface area contributed by atoms with Crippen molar-refractivity contribution in [1.82, 2.24) is 19.7 Å². The van der Waals surface area contributed by atoms with E-state index in [0.29, 0.717) is 27.5 Å². The van der Waals surface area contributed by atoms with Crippen LogP contribution >= 0.6 is 23.1 Å². The number of benzene rings is 2. The zero-order valence-electron chi connectivity index (χ0n) is 18.5. The number of rotatable bonds is 9. The summed E-state index contributed by atoms with van der Waals surface area (Å²) in [5, 5.41) is 16.6. The predicted octanol–water partition coefficient (Wildman–Crippen LogP) is 4.03. The van der Waals surface area contributed by atoms with Crippen LogP contribution in [0.2, 0.25) is 0 Å². The molecule has 1 atom stereocenters. The summed E-state index contributed by atoms with van der Waals surface area (Å²) in [5.41, 5.74) is 1.42. The molecule has 4 aromatic rings. The number of aromatic nitrogens is 4. The minimum absolute atomic E-state index is 0.000638. The van der Waals surface area contributed by atoms with Gasteiger partial charge >= 0.3 is 0 Å². The molecule has 0 unspecified atom stereocenters. The third-order valence-electron chi connectivity index (χ3n) is 4.70. The van der Waals surface area contributed by atoms with Gasteiger partial charge in [-0.3, -0.25) is 14.2 Å². The molecule has 0 saturated heterocycles. The van der Waals surface area contributed by atoms with Gasteiger partial charge in [-0.25, -0.2) is 4.98 Å². The molecular weight excluding hydrogens is 472 g/mol. The summed E-state index contributed by atoms with van der Waals surface area (Å²) in [6.45, 7) is 1.78. The Kier molecular flexibility index (Phi) is 7.55. The van der Waals surface area contributed by atoms with Crippen LogP contribution in [0.3, 0.4) is 0 Å². The van der Waals surface area contributed by atoms with Gasteiger partial charge in [-0.1, -0.05) is 36.0 Å². The molecule has 0 bridgehead atoms. The summed E-state index contributed by atoms with van der Waals surface area (Å²) in [7, 11) is 1.57. The quantitative estimate of drug-likeness (QED) is 0.338. The van der Waals surface area contributed by atoms with Gasteiger partial charge in [0.25, 0.3) is 0 Å². The minimum atomic E-state index is -0.464. The number of nitrogens with one attached hydrogen (secondary N) is 2. The normalized spacial score (nSPS) is 11.6. The lowest BCUT2D eigenvalue weighted by Gasteiger charge is -2.13. The highest BCUT2D eigenvalue weighted by atomic mass is 32.2. The number of carbonyl (C=O) groups excluding carboxylic acids is 2. The number of methoxy groups -OCH3 is 1. The van der Waals surface area contributed by atoms with E-state index < -0.39 is 5.25 Å². The lowest BCUT2D eigenvalue weighted by atomic mass is 10.2. The van der Waals surface area contributed by atoms with E-state index in [9.17, 15) is 9.59 Å². The van der Waals surface area contributed by atoms with Gasteiger partial charge in [0, 0.05) is 29.0 Å². The number of hydrogen-bond acceptors (Lipinski definition) is 8. The zero-order valence-corrected chi connectivity index (χ0v) is 20.1. The largest absolute Gasteiger partial charge is 0.497 e. The molecule has 0 spiro atoms. The standard InChI is InChI=1S/C23H22N6O3S2/c1-15(21(31)26-22-24-11-12-33-22)34-23-28-27-19(29(23)17-8-4-3-5-9-17)14-20(30)25-16-7-6-10-18(13-16)32-2/h3-13,15H,14H2,1-2H3,(H,25,30)(H,24,26,31)/t15-/m0/s1. The average Bonchev–Trinajstić information content (AvgIpc) is 3.49. The van der Waals surface area contributed by atoms with Gasteiger partial charge < -0.3 is 15.4 Å². The highest BCUT2D eigenvalue weighted by Crippen LogP contribution is 2.27. The van der Waals surface area contributed by atoms with Gasteiger partial charge in [0.2, 0.25) is 11.8 Å². The van der Waals surface area contributed by atoms with Crippen molar-refractivity contribution in [2.75, 3.05) is 17.7 Å². The maximum Gasteiger partial charge on any atom is 0.239 e. The van der Waals surface area contributed by atoms with Crippen LogP contribution < -0.4 is 15.4 Å². The first-order valence-electron chi connectivity index (χ1n) is 10.3. The number of ether oxygens (including phenoxy) is 1. The Hall–Kier alpha value is -3.70. The van der Waals surface area contributed by atoms with E-state index in [2.05, 4.69) is 25.8 Å². The van der Waals surface area contributed by atoms with Crippen molar-refractivity contribution in [3.8, 4) is 11.4 Å². The van der Waals surface area contributed by atoms with Gasteiger partial charge in [-0.15, -0.1) is 21.5 Å². The van der Waals surface area contributed by atoms with Crippen LogP contribution in [0.25, 0.3) is 5.69 Å². The Balaban J connectivity index is 1.53. The number of carbonyl (C=O) groups is 2. The fraction of sp³-hybridized carbons (Fsp3) is 0.174. The van der Waals surface area contributed by atoms with Crippen LogP contribution in [0.1, 0.15) is 12.7 Å². The summed E-state index contributed by atoms with van der Waals surface area (Å²) in [4.78, 5) is 29.5. The Morgan fingerprint density at radius 3 is 2.68 bits per heavy atom. The number of hydrogen-bond donors (Lipinski definition) is 2. The molecule has 2 heterocycles. The summed E-state index contributed by atoms with van der Waals surface area (Å²) >= 11 is 2.61.